The van der Waals surface area contributed by atoms with E-state index in [0.29, 0.717) is 54.1 Å². The predicted octanol–water partition coefficient (Wildman–Crippen LogP) is 4.88. The van der Waals surface area contributed by atoms with Crippen molar-refractivity contribution >= 4 is 34.2 Å². The van der Waals surface area contributed by atoms with Crippen molar-refractivity contribution < 1.29 is 33.3 Å². The van der Waals surface area contributed by atoms with Crippen LogP contribution in [-0.2, 0) is 14.3 Å². The molecule has 5 rings (SSSR count). The topological polar surface area (TPSA) is 114 Å². The van der Waals surface area contributed by atoms with Crippen molar-refractivity contribution in [2.24, 2.45) is 11.8 Å². The summed E-state index contributed by atoms with van der Waals surface area (Å²) in [4.78, 5) is 37.9. The zero-order chi connectivity index (χ0) is 28.9. The van der Waals surface area contributed by atoms with Crippen LogP contribution in [0.3, 0.4) is 0 Å². The molecule has 0 spiro atoms. The number of benzene rings is 1. The van der Waals surface area contributed by atoms with Crippen molar-refractivity contribution in [2.45, 2.75) is 25.7 Å². The van der Waals surface area contributed by atoms with Gasteiger partial charge in [0.15, 0.2) is 16.7 Å². The molecule has 41 heavy (non-hydrogen) atoms. The van der Waals surface area contributed by atoms with Crippen LogP contribution in [0.2, 0.25) is 0 Å². The molecule has 2 aliphatic heterocycles. The second kappa shape index (κ2) is 12.8. The van der Waals surface area contributed by atoms with Crippen molar-refractivity contribution in [1.82, 2.24) is 9.97 Å². The number of hydrogen-bond acceptors (Lipinski definition) is 9. The molecule has 2 aliphatic rings. The Kier molecular flexibility index (Phi) is 8.99. The maximum Gasteiger partial charge on any atom is 0.304 e. The normalized spacial score (nSPS) is 16.0. The Morgan fingerprint density at radius 1 is 1.24 bits per heavy atom. The van der Waals surface area contributed by atoms with E-state index in [1.807, 2.05) is 29.5 Å². The molecular formula is C29H33FN4O6S. The highest BCUT2D eigenvalue weighted by Crippen LogP contribution is 2.40. The molecule has 1 N–H and O–H groups in total. The van der Waals surface area contributed by atoms with Crippen molar-refractivity contribution in [3.63, 3.8) is 0 Å². The predicted molar refractivity (Wildman–Crippen MR) is 153 cm³/mol. The van der Waals surface area contributed by atoms with Gasteiger partial charge in [0.2, 0.25) is 12.8 Å². The number of amides is 1. The molecular weight excluding hydrogens is 551 g/mol. The van der Waals surface area contributed by atoms with Crippen LogP contribution in [-0.4, -0.2) is 74.3 Å². The first-order chi connectivity index (χ1) is 19.8. The third-order valence-electron chi connectivity index (χ3n) is 7.52. The first kappa shape index (κ1) is 28.7. The number of carbonyl (C=O) groups is 2. The number of rotatable bonds is 10. The molecule has 0 bridgehead atoms. The lowest BCUT2D eigenvalue weighted by atomic mass is 9.86. The molecule has 0 saturated carbocycles. The van der Waals surface area contributed by atoms with Crippen LogP contribution in [0.15, 0.2) is 35.8 Å². The monoisotopic (exact) mass is 584 g/mol. The molecule has 1 saturated heterocycles. The van der Waals surface area contributed by atoms with E-state index < -0.39 is 18.7 Å². The number of ether oxygens (including phenoxy) is 3. The molecule has 1 fully saturated rings. The van der Waals surface area contributed by atoms with Crippen LogP contribution in [0.1, 0.15) is 25.7 Å². The summed E-state index contributed by atoms with van der Waals surface area (Å²) in [5.74, 6) is 0.0550. The standard InChI is InChI=1S/C29H33FN4O6S/c1-33-7-10-39-25-12-20(15-31-27(25)33)22-4-3-21(40-17-30)14-23(22)24-16-41-29(32-24)34(2)28(37)19(13-26(35)36)11-18-5-8-38-9-6-18/h3-4,12,14-16,18-19H,5-11,13,17H2,1-2H3,(H,35,36)/t19-/m1/s1. The van der Waals surface area contributed by atoms with Gasteiger partial charge >= 0.3 is 5.97 Å². The van der Waals surface area contributed by atoms with Crippen LogP contribution in [0.4, 0.5) is 15.3 Å². The highest BCUT2D eigenvalue weighted by Gasteiger charge is 2.30. The lowest BCUT2D eigenvalue weighted by molar-refractivity contribution is -0.141. The number of likely N-dealkylation sites (N-methyl/N-ethyl adjacent to an activating group) is 1. The lowest BCUT2D eigenvalue weighted by Gasteiger charge is -2.27. The summed E-state index contributed by atoms with van der Waals surface area (Å²) in [6, 6.07) is 7.13. The molecule has 10 nitrogen and oxygen atoms in total. The Morgan fingerprint density at radius 2 is 2.05 bits per heavy atom. The third-order valence-corrected chi connectivity index (χ3v) is 8.43. The number of alkyl halides is 1. The third kappa shape index (κ3) is 6.59. The molecule has 0 unspecified atom stereocenters. The fourth-order valence-corrected chi connectivity index (χ4v) is 6.09. The second-order valence-electron chi connectivity index (χ2n) is 10.3. The first-order valence-corrected chi connectivity index (χ1v) is 14.4. The Morgan fingerprint density at radius 3 is 2.80 bits per heavy atom. The average molecular weight is 585 g/mol. The summed E-state index contributed by atoms with van der Waals surface area (Å²) in [5.41, 5.74) is 2.82. The SMILES string of the molecule is CN1CCOc2cc(-c3ccc(OCF)cc3-c3csc(N(C)C(=O)[C@@H](CC(=O)O)CC4CCOCC4)n3)cnc21. The maximum absolute atomic E-state index is 13.5. The number of aliphatic carboxylic acids is 1. The van der Waals surface area contributed by atoms with Crippen LogP contribution in [0, 0.1) is 11.8 Å². The van der Waals surface area contributed by atoms with Gasteiger partial charge in [0.05, 0.1) is 18.7 Å². The lowest BCUT2D eigenvalue weighted by Crippen LogP contribution is -2.35. The zero-order valence-electron chi connectivity index (χ0n) is 23.0. The van der Waals surface area contributed by atoms with Crippen molar-refractivity contribution in [3.8, 4) is 33.9 Å². The summed E-state index contributed by atoms with van der Waals surface area (Å²) in [5, 5.41) is 11.8. The second-order valence-corrected chi connectivity index (χ2v) is 11.1. The fraction of sp³-hybridized carbons (Fsp3) is 0.448. The number of nitrogens with zero attached hydrogens (tertiary/aromatic N) is 4. The van der Waals surface area contributed by atoms with Gasteiger partial charge in [0, 0.05) is 55.9 Å². The molecule has 12 heteroatoms. The molecule has 1 atom stereocenters. The van der Waals surface area contributed by atoms with Crippen molar-refractivity contribution in [1.29, 1.82) is 0 Å². The number of carbonyl (C=O) groups excluding carboxylic acids is 1. The zero-order valence-corrected chi connectivity index (χ0v) is 23.9. The summed E-state index contributed by atoms with van der Waals surface area (Å²) in [7, 11) is 3.58. The Labute approximate surface area is 241 Å². The summed E-state index contributed by atoms with van der Waals surface area (Å²) in [6.45, 7) is 1.58. The van der Waals surface area contributed by atoms with E-state index in [-0.39, 0.29) is 18.2 Å². The van der Waals surface area contributed by atoms with Gasteiger partial charge < -0.3 is 24.2 Å². The smallest absolute Gasteiger partial charge is 0.304 e. The van der Waals surface area contributed by atoms with Crippen LogP contribution < -0.4 is 19.3 Å². The van der Waals surface area contributed by atoms with Gasteiger partial charge in [0.1, 0.15) is 12.4 Å². The van der Waals surface area contributed by atoms with Crippen LogP contribution in [0.25, 0.3) is 22.4 Å². The van der Waals surface area contributed by atoms with Gasteiger partial charge in [-0.2, -0.15) is 0 Å². The van der Waals surface area contributed by atoms with E-state index >= 15 is 0 Å². The number of carboxylic acid groups (broad SMARTS) is 1. The summed E-state index contributed by atoms with van der Waals surface area (Å²) < 4.78 is 29.4. The Bertz CT molecular complexity index is 1400. The molecule has 4 heterocycles. The molecule has 0 aliphatic carbocycles. The van der Waals surface area contributed by atoms with Crippen molar-refractivity contribution in [3.05, 3.63) is 35.8 Å². The minimum Gasteiger partial charge on any atom is -0.488 e. The van der Waals surface area contributed by atoms with Crippen LogP contribution >= 0.6 is 11.3 Å². The highest BCUT2D eigenvalue weighted by atomic mass is 32.1. The van der Waals surface area contributed by atoms with E-state index in [4.69, 9.17) is 19.2 Å². The maximum atomic E-state index is 13.5. The minimum absolute atomic E-state index is 0.242. The van der Waals surface area contributed by atoms with Gasteiger partial charge in [0.25, 0.3) is 0 Å². The van der Waals surface area contributed by atoms with E-state index in [2.05, 4.69) is 4.98 Å². The summed E-state index contributed by atoms with van der Waals surface area (Å²) >= 11 is 1.27. The van der Waals surface area contributed by atoms with E-state index in [1.165, 1.54) is 16.2 Å². The van der Waals surface area contributed by atoms with Gasteiger partial charge in [-0.05, 0) is 55.0 Å². The first-order valence-electron chi connectivity index (χ1n) is 13.5. The van der Waals surface area contributed by atoms with Gasteiger partial charge in [-0.15, -0.1) is 11.3 Å². The van der Waals surface area contributed by atoms with E-state index in [9.17, 15) is 19.1 Å². The van der Waals surface area contributed by atoms with E-state index in [0.717, 1.165) is 36.3 Å². The van der Waals surface area contributed by atoms with Crippen LogP contribution in [0.5, 0.6) is 11.5 Å². The number of aromatic nitrogens is 2. The number of fused-ring (bicyclic) bond motifs is 1. The molecule has 218 valence electrons. The molecule has 1 aromatic carbocycles. The molecule has 2 aromatic heterocycles. The number of pyridine rings is 1. The minimum atomic E-state index is -1.01. The van der Waals surface area contributed by atoms with Gasteiger partial charge in [-0.25, -0.2) is 14.4 Å². The number of halogens is 1. The van der Waals surface area contributed by atoms with Crippen molar-refractivity contribution in [2.75, 3.05) is 57.1 Å². The quantitative estimate of drug-likeness (QED) is 0.356. The largest absolute Gasteiger partial charge is 0.488 e. The van der Waals surface area contributed by atoms with Gasteiger partial charge in [-0.1, -0.05) is 0 Å². The number of anilines is 2. The van der Waals surface area contributed by atoms with Gasteiger partial charge in [-0.3, -0.25) is 14.5 Å². The molecule has 1 amide bonds. The average Bonchev–Trinajstić information content (AvgIpc) is 3.47. The number of thiazole rings is 1. The highest BCUT2D eigenvalue weighted by molar-refractivity contribution is 7.14. The van der Waals surface area contributed by atoms with E-state index in [1.54, 1.807) is 25.4 Å². The fourth-order valence-electron chi connectivity index (χ4n) is 5.29. The Hall–Kier alpha value is -3.77. The molecule has 3 aromatic rings. The number of carboxylic acids is 1. The number of hydrogen-bond donors (Lipinski definition) is 1. The summed E-state index contributed by atoms with van der Waals surface area (Å²) in [6.07, 6.45) is 3.63. The Balaban J connectivity index is 1.44. The molecule has 0 radical (unpaired) electrons.